The third kappa shape index (κ3) is 8.41. The molecule has 1 saturated heterocycles. The molecule has 1 aliphatic rings. The van der Waals surface area contributed by atoms with Crippen molar-refractivity contribution in [2.45, 2.75) is 45.8 Å². The van der Waals surface area contributed by atoms with Crippen molar-refractivity contribution in [1.29, 1.82) is 0 Å². The van der Waals surface area contributed by atoms with E-state index in [9.17, 15) is 29.1 Å². The van der Waals surface area contributed by atoms with Crippen molar-refractivity contribution >= 4 is 29.8 Å². The lowest BCUT2D eigenvalue weighted by atomic mass is 9.78. The molecule has 1 fully saturated rings. The molecule has 0 radical (unpaired) electrons. The van der Waals surface area contributed by atoms with Crippen LogP contribution in [0, 0.1) is 17.8 Å². The number of carboxylic acid groups (broad SMARTS) is 1. The van der Waals surface area contributed by atoms with E-state index in [0.29, 0.717) is 0 Å². The molecule has 3 rings (SSSR count). The summed E-state index contributed by atoms with van der Waals surface area (Å²) in [5, 5.41) is 12.0. The highest BCUT2D eigenvalue weighted by Gasteiger charge is 2.41. The zero-order chi connectivity index (χ0) is 30.8. The van der Waals surface area contributed by atoms with Gasteiger partial charge in [-0.25, -0.2) is 9.78 Å². The number of carbonyl (C=O) groups excluding carboxylic acids is 4. The van der Waals surface area contributed by atoms with Gasteiger partial charge in [-0.1, -0.05) is 37.3 Å². The second-order valence-electron chi connectivity index (χ2n) is 9.82. The minimum absolute atomic E-state index is 0.0458. The van der Waals surface area contributed by atoms with E-state index in [1.807, 2.05) is 30.3 Å². The molecule has 0 bridgehead atoms. The first-order valence-corrected chi connectivity index (χ1v) is 13.3. The molecule has 1 aromatic carbocycles. The zero-order valence-electron chi connectivity index (χ0n) is 23.7. The van der Waals surface area contributed by atoms with Gasteiger partial charge < -0.3 is 34.1 Å². The lowest BCUT2D eigenvalue weighted by Crippen LogP contribution is -2.46. The summed E-state index contributed by atoms with van der Waals surface area (Å²) in [7, 11) is 1.33. The summed E-state index contributed by atoms with van der Waals surface area (Å²) in [6.45, 7) is 3.20. The number of ether oxygens (including phenoxy) is 5. The number of cyclic esters (lactones) is 2. The van der Waals surface area contributed by atoms with Crippen LogP contribution in [0.15, 0.2) is 42.6 Å². The van der Waals surface area contributed by atoms with Crippen LogP contribution in [0.3, 0.4) is 0 Å². The molecule has 0 spiro atoms. The van der Waals surface area contributed by atoms with Crippen molar-refractivity contribution in [3.05, 3.63) is 53.9 Å². The molecule has 5 atom stereocenters. The molecule has 1 unspecified atom stereocenters. The van der Waals surface area contributed by atoms with Crippen LogP contribution in [0.5, 0.6) is 11.5 Å². The first-order chi connectivity index (χ1) is 20.0. The highest BCUT2D eigenvalue weighted by molar-refractivity contribution is 5.98. The number of carboxylic acids is 1. The van der Waals surface area contributed by atoms with Crippen molar-refractivity contribution in [3.8, 4) is 11.5 Å². The van der Waals surface area contributed by atoms with Gasteiger partial charge in [0.2, 0.25) is 6.79 Å². The third-order valence-electron chi connectivity index (χ3n) is 6.82. The number of nitrogens with zero attached hydrogens (tertiary/aromatic N) is 1. The van der Waals surface area contributed by atoms with Gasteiger partial charge in [0.25, 0.3) is 5.91 Å². The van der Waals surface area contributed by atoms with Gasteiger partial charge in [-0.2, -0.15) is 0 Å². The molecular formula is C29H34N2O11. The number of nitrogens with one attached hydrogen (secondary N) is 1. The van der Waals surface area contributed by atoms with E-state index in [0.717, 1.165) is 5.56 Å². The van der Waals surface area contributed by atoms with E-state index >= 15 is 0 Å². The highest BCUT2D eigenvalue weighted by Crippen LogP contribution is 2.32. The number of methoxy groups -OCH3 is 1. The van der Waals surface area contributed by atoms with E-state index in [-0.39, 0.29) is 30.0 Å². The number of aromatic nitrogens is 1. The summed E-state index contributed by atoms with van der Waals surface area (Å²) < 4.78 is 26.6. The van der Waals surface area contributed by atoms with Crippen LogP contribution >= 0.6 is 0 Å². The van der Waals surface area contributed by atoms with Gasteiger partial charge in [0.15, 0.2) is 23.2 Å². The molecule has 2 aromatic rings. The van der Waals surface area contributed by atoms with Gasteiger partial charge in [0.05, 0.1) is 18.9 Å². The Labute approximate surface area is 242 Å². The predicted octanol–water partition coefficient (Wildman–Crippen LogP) is 2.16. The molecule has 13 heteroatoms. The van der Waals surface area contributed by atoms with Crippen molar-refractivity contribution in [2.24, 2.45) is 17.8 Å². The quantitative estimate of drug-likeness (QED) is 0.223. The summed E-state index contributed by atoms with van der Waals surface area (Å²) in [5.74, 6) is -6.48. The molecule has 0 aliphatic carbocycles. The molecule has 42 heavy (non-hydrogen) atoms. The summed E-state index contributed by atoms with van der Waals surface area (Å²) in [6, 6.07) is 9.12. The minimum atomic E-state index is -1.42. The molecule has 1 aliphatic heterocycles. The summed E-state index contributed by atoms with van der Waals surface area (Å²) in [6.07, 6.45) is 0.658. The number of benzene rings is 1. The third-order valence-corrected chi connectivity index (χ3v) is 6.82. The predicted molar refractivity (Wildman–Crippen MR) is 144 cm³/mol. The Hall–Kier alpha value is -4.68. The van der Waals surface area contributed by atoms with Gasteiger partial charge >= 0.3 is 23.9 Å². The second kappa shape index (κ2) is 14.8. The summed E-state index contributed by atoms with van der Waals surface area (Å²) in [4.78, 5) is 66.7. The van der Waals surface area contributed by atoms with Crippen LogP contribution in [0.25, 0.3) is 0 Å². The average molecular weight is 587 g/mol. The fourth-order valence-electron chi connectivity index (χ4n) is 4.55. The van der Waals surface area contributed by atoms with Crippen LogP contribution in [0.1, 0.15) is 43.2 Å². The Balaban J connectivity index is 1.87. The van der Waals surface area contributed by atoms with Crippen LogP contribution in [0.4, 0.5) is 0 Å². The van der Waals surface area contributed by atoms with Crippen molar-refractivity contribution in [1.82, 2.24) is 10.3 Å². The van der Waals surface area contributed by atoms with Crippen LogP contribution in [-0.4, -0.2) is 72.5 Å². The maximum Gasteiger partial charge on any atom is 0.332 e. The Bertz CT molecular complexity index is 1280. The van der Waals surface area contributed by atoms with Crippen molar-refractivity contribution in [3.63, 3.8) is 0 Å². The average Bonchev–Trinajstić information content (AvgIpc) is 2.99. The van der Waals surface area contributed by atoms with Gasteiger partial charge in [0.1, 0.15) is 12.7 Å². The largest absolute Gasteiger partial charge is 0.493 e. The summed E-state index contributed by atoms with van der Waals surface area (Å²) in [5.41, 5.74) is 0.532. The monoisotopic (exact) mass is 586 g/mol. The number of rotatable bonds is 11. The van der Waals surface area contributed by atoms with Gasteiger partial charge in [-0.15, -0.1) is 0 Å². The number of hydrogen-bond donors (Lipinski definition) is 2. The molecule has 1 amide bonds. The number of pyridine rings is 1. The van der Waals surface area contributed by atoms with Crippen LogP contribution in [0.2, 0.25) is 0 Å². The Morgan fingerprint density at radius 2 is 1.86 bits per heavy atom. The van der Waals surface area contributed by atoms with Crippen molar-refractivity contribution < 1.29 is 52.8 Å². The number of hydrogen-bond acceptors (Lipinski definition) is 11. The van der Waals surface area contributed by atoms with Crippen molar-refractivity contribution in [2.75, 3.05) is 20.5 Å². The molecule has 2 N–H and O–H groups in total. The topological polar surface area (TPSA) is 177 Å². The van der Waals surface area contributed by atoms with E-state index in [1.165, 1.54) is 33.2 Å². The first-order valence-electron chi connectivity index (χ1n) is 13.3. The molecule has 1 aromatic heterocycles. The SMILES string of the molecule is COc1ccnc(C(=O)N[C@H]2COC(=O)[C@H](Cc3ccccc3)[C@@H](CC(C)C(=O)O)[C@H](C)OC2=O)c1OCOC(C)=O. The normalized spacial score (nSPS) is 21.3. The number of carbonyl (C=O) groups is 5. The van der Waals surface area contributed by atoms with Gasteiger partial charge in [-0.05, 0) is 25.3 Å². The van der Waals surface area contributed by atoms with Crippen LogP contribution < -0.4 is 14.8 Å². The Morgan fingerprint density at radius 3 is 2.50 bits per heavy atom. The van der Waals surface area contributed by atoms with E-state index in [2.05, 4.69) is 10.3 Å². The summed E-state index contributed by atoms with van der Waals surface area (Å²) >= 11 is 0. The molecule has 0 saturated carbocycles. The lowest BCUT2D eigenvalue weighted by Gasteiger charge is -2.30. The van der Waals surface area contributed by atoms with E-state index < -0.39 is 73.1 Å². The first kappa shape index (κ1) is 31.8. The second-order valence-corrected chi connectivity index (χ2v) is 9.82. The number of esters is 3. The van der Waals surface area contributed by atoms with Crippen LogP contribution in [-0.2, 0) is 39.8 Å². The number of aliphatic carboxylic acids is 1. The maximum absolute atomic E-state index is 13.4. The van der Waals surface area contributed by atoms with Gasteiger partial charge in [0, 0.05) is 25.1 Å². The van der Waals surface area contributed by atoms with E-state index in [1.54, 1.807) is 6.92 Å². The smallest absolute Gasteiger partial charge is 0.332 e. The number of amides is 1. The minimum Gasteiger partial charge on any atom is -0.493 e. The highest BCUT2D eigenvalue weighted by atomic mass is 16.7. The van der Waals surface area contributed by atoms with Gasteiger partial charge in [-0.3, -0.25) is 19.2 Å². The van der Waals surface area contributed by atoms with E-state index in [4.69, 9.17) is 23.7 Å². The zero-order valence-corrected chi connectivity index (χ0v) is 23.7. The molecular weight excluding hydrogens is 552 g/mol. The Morgan fingerprint density at radius 1 is 1.14 bits per heavy atom. The fourth-order valence-corrected chi connectivity index (χ4v) is 4.55. The fraction of sp³-hybridized carbons (Fsp3) is 0.448. The standard InChI is InChI=1S/C29H34N2O11/c1-16(27(34)35)12-20-17(2)42-29(37)22(14-39-28(36)21(20)13-19-8-6-5-7-9-19)31-26(33)24-25(41-15-40-18(3)32)23(38-4)10-11-30-24/h5-11,16-17,20-22H,12-15H2,1-4H3,(H,31,33)(H,34,35)/t16?,17-,20-,21+,22-/m0/s1. The molecule has 226 valence electrons. The maximum atomic E-state index is 13.4. The Kier molecular flexibility index (Phi) is 11.2. The molecule has 2 heterocycles. The lowest BCUT2D eigenvalue weighted by molar-refractivity contribution is -0.155. The molecule has 13 nitrogen and oxygen atoms in total.